The fourth-order valence-electron chi connectivity index (χ4n) is 3.16. The summed E-state index contributed by atoms with van der Waals surface area (Å²) in [6.07, 6.45) is 0.292. The quantitative estimate of drug-likeness (QED) is 0.807. The molecule has 4 rings (SSSR count). The summed E-state index contributed by atoms with van der Waals surface area (Å²) in [6, 6.07) is 16.8. The molecule has 0 N–H and O–H groups in total. The smallest absolute Gasteiger partial charge is 0.192 e. The first kappa shape index (κ1) is 13.2. The first-order valence-electron chi connectivity index (χ1n) is 7.32. The molecule has 1 heterocycles. The Bertz CT molecular complexity index is 802. The van der Waals surface area contributed by atoms with Gasteiger partial charge in [-0.15, -0.1) is 0 Å². The summed E-state index contributed by atoms with van der Waals surface area (Å²) in [4.78, 5) is 25.3. The largest absolute Gasteiger partial charge is 0.368 e. The molecular weight excluding hydrogens is 276 g/mol. The predicted molar refractivity (Wildman–Crippen MR) is 81.9 cm³/mol. The zero-order valence-corrected chi connectivity index (χ0v) is 11.9. The third-order valence-electron chi connectivity index (χ3n) is 4.32. The maximum atomic E-state index is 12.7. The van der Waals surface area contributed by atoms with Gasteiger partial charge in [-0.05, 0) is 5.56 Å². The van der Waals surface area contributed by atoms with E-state index in [0.717, 1.165) is 5.56 Å². The van der Waals surface area contributed by atoms with Gasteiger partial charge in [0.05, 0.1) is 12.7 Å². The van der Waals surface area contributed by atoms with E-state index in [-0.39, 0.29) is 24.3 Å². The van der Waals surface area contributed by atoms with Gasteiger partial charge in [-0.25, -0.2) is 0 Å². The predicted octanol–water partition coefficient (Wildman–Crippen LogP) is 3.52. The van der Waals surface area contributed by atoms with Crippen LogP contribution in [-0.2, 0) is 4.74 Å². The Morgan fingerprint density at radius 3 is 2.05 bits per heavy atom. The van der Waals surface area contributed by atoms with Crippen molar-refractivity contribution >= 4 is 11.6 Å². The minimum Gasteiger partial charge on any atom is -0.368 e. The SMILES string of the molecule is O=C1C2=C(CC(c3ccccc3)OC2)C(=O)c2ccccc21. The zero-order valence-electron chi connectivity index (χ0n) is 11.9. The lowest BCUT2D eigenvalue weighted by Gasteiger charge is -2.30. The van der Waals surface area contributed by atoms with Gasteiger partial charge in [0.2, 0.25) is 0 Å². The Morgan fingerprint density at radius 2 is 1.36 bits per heavy atom. The Labute approximate surface area is 128 Å². The monoisotopic (exact) mass is 290 g/mol. The van der Waals surface area contributed by atoms with E-state index in [2.05, 4.69) is 0 Å². The van der Waals surface area contributed by atoms with Crippen LogP contribution < -0.4 is 0 Å². The highest BCUT2D eigenvalue weighted by atomic mass is 16.5. The van der Waals surface area contributed by atoms with Crippen LogP contribution >= 0.6 is 0 Å². The zero-order chi connectivity index (χ0) is 15.1. The van der Waals surface area contributed by atoms with Crippen molar-refractivity contribution in [2.24, 2.45) is 0 Å². The van der Waals surface area contributed by atoms with Gasteiger partial charge in [0.15, 0.2) is 11.6 Å². The molecule has 0 saturated carbocycles. The maximum Gasteiger partial charge on any atom is 0.192 e. The lowest BCUT2D eigenvalue weighted by atomic mass is 9.80. The maximum absolute atomic E-state index is 12.7. The van der Waals surface area contributed by atoms with Crippen LogP contribution in [0.15, 0.2) is 65.7 Å². The number of ether oxygens (including phenoxy) is 1. The van der Waals surface area contributed by atoms with Crippen LogP contribution in [-0.4, -0.2) is 18.2 Å². The normalized spacial score (nSPS) is 20.6. The molecular formula is C19H14O3. The fraction of sp³-hybridized carbons (Fsp3) is 0.158. The van der Waals surface area contributed by atoms with Crippen LogP contribution in [0.4, 0.5) is 0 Å². The minimum atomic E-state index is -0.165. The number of fused-ring (bicyclic) bond motifs is 1. The van der Waals surface area contributed by atoms with Crippen molar-refractivity contribution in [2.45, 2.75) is 12.5 Å². The van der Waals surface area contributed by atoms with Crippen molar-refractivity contribution in [3.05, 3.63) is 82.4 Å². The van der Waals surface area contributed by atoms with Crippen LogP contribution in [0.1, 0.15) is 38.8 Å². The van der Waals surface area contributed by atoms with E-state index in [1.165, 1.54) is 0 Å². The van der Waals surface area contributed by atoms with Crippen LogP contribution in [0.2, 0.25) is 0 Å². The minimum absolute atomic E-state index is 0.0329. The van der Waals surface area contributed by atoms with Crippen molar-refractivity contribution in [3.8, 4) is 0 Å². The van der Waals surface area contributed by atoms with Crippen molar-refractivity contribution in [2.75, 3.05) is 6.61 Å². The van der Waals surface area contributed by atoms with Crippen molar-refractivity contribution in [1.29, 1.82) is 0 Å². The van der Waals surface area contributed by atoms with E-state index in [1.807, 2.05) is 30.3 Å². The van der Waals surface area contributed by atoms with Gasteiger partial charge in [0.1, 0.15) is 0 Å². The second-order valence-corrected chi connectivity index (χ2v) is 5.58. The van der Waals surface area contributed by atoms with Gasteiger partial charge < -0.3 is 4.74 Å². The van der Waals surface area contributed by atoms with Crippen molar-refractivity contribution in [3.63, 3.8) is 0 Å². The first-order valence-corrected chi connectivity index (χ1v) is 7.32. The molecule has 0 saturated heterocycles. The molecule has 2 aromatic carbocycles. The van der Waals surface area contributed by atoms with Gasteiger partial charge in [-0.2, -0.15) is 0 Å². The molecule has 0 amide bonds. The fourth-order valence-corrected chi connectivity index (χ4v) is 3.16. The third kappa shape index (κ3) is 1.94. The molecule has 22 heavy (non-hydrogen) atoms. The van der Waals surface area contributed by atoms with E-state index in [1.54, 1.807) is 24.3 Å². The average Bonchev–Trinajstić information content (AvgIpc) is 2.60. The lowest BCUT2D eigenvalue weighted by molar-refractivity contribution is 0.0510. The number of Topliss-reactive ketones (excluding diaryl/α,β-unsaturated/α-hetero) is 2. The number of carbonyl (C=O) groups excluding carboxylic acids is 2. The number of benzene rings is 2. The molecule has 3 heteroatoms. The standard InChI is InChI=1S/C19H14O3/c20-18-13-8-4-5-9-14(13)19(21)16-11-22-17(10-15(16)18)12-6-2-1-3-7-12/h1-9,17H,10-11H2. The summed E-state index contributed by atoms with van der Waals surface area (Å²) in [5.41, 5.74) is 3.18. The number of hydrogen-bond donors (Lipinski definition) is 0. The van der Waals surface area contributed by atoms with Gasteiger partial charge in [0, 0.05) is 28.7 Å². The molecule has 108 valence electrons. The summed E-state index contributed by atoms with van der Waals surface area (Å²) in [6.45, 7) is 0.202. The van der Waals surface area contributed by atoms with Gasteiger partial charge in [-0.1, -0.05) is 54.6 Å². The Kier molecular flexibility index (Phi) is 3.01. The molecule has 0 aromatic heterocycles. The van der Waals surface area contributed by atoms with Crippen LogP contribution in [0.3, 0.4) is 0 Å². The second-order valence-electron chi connectivity index (χ2n) is 5.58. The number of hydrogen-bond acceptors (Lipinski definition) is 3. The molecule has 1 atom stereocenters. The number of carbonyl (C=O) groups is 2. The van der Waals surface area contributed by atoms with E-state index in [0.29, 0.717) is 28.7 Å². The second kappa shape index (κ2) is 5.04. The van der Waals surface area contributed by atoms with Crippen molar-refractivity contribution < 1.29 is 14.3 Å². The molecule has 2 aliphatic rings. The number of ketones is 2. The van der Waals surface area contributed by atoms with Gasteiger partial charge in [-0.3, -0.25) is 9.59 Å². The van der Waals surface area contributed by atoms with Crippen LogP contribution in [0.5, 0.6) is 0 Å². The van der Waals surface area contributed by atoms with E-state index >= 15 is 0 Å². The molecule has 0 bridgehead atoms. The summed E-state index contributed by atoms with van der Waals surface area (Å²) < 4.78 is 5.84. The highest BCUT2D eigenvalue weighted by Gasteiger charge is 2.36. The van der Waals surface area contributed by atoms with Crippen LogP contribution in [0.25, 0.3) is 0 Å². The third-order valence-corrected chi connectivity index (χ3v) is 4.32. The van der Waals surface area contributed by atoms with E-state index in [4.69, 9.17) is 4.74 Å². The van der Waals surface area contributed by atoms with Crippen LogP contribution in [0, 0.1) is 0 Å². The first-order chi connectivity index (χ1) is 10.8. The Morgan fingerprint density at radius 1 is 0.773 bits per heavy atom. The van der Waals surface area contributed by atoms with Gasteiger partial charge >= 0.3 is 0 Å². The molecule has 1 aliphatic heterocycles. The molecule has 2 aromatic rings. The lowest BCUT2D eigenvalue weighted by Crippen LogP contribution is -2.29. The molecule has 0 radical (unpaired) electrons. The Hall–Kier alpha value is -2.52. The Balaban J connectivity index is 1.74. The highest BCUT2D eigenvalue weighted by molar-refractivity contribution is 6.27. The van der Waals surface area contributed by atoms with Crippen molar-refractivity contribution in [1.82, 2.24) is 0 Å². The molecule has 0 spiro atoms. The molecule has 0 fully saturated rings. The summed E-state index contributed by atoms with van der Waals surface area (Å²) in [5.74, 6) is -0.105. The molecule has 1 aliphatic carbocycles. The average molecular weight is 290 g/mol. The summed E-state index contributed by atoms with van der Waals surface area (Å²) >= 11 is 0. The summed E-state index contributed by atoms with van der Waals surface area (Å²) in [5, 5.41) is 0. The van der Waals surface area contributed by atoms with E-state index < -0.39 is 0 Å². The number of rotatable bonds is 1. The molecule has 3 nitrogen and oxygen atoms in total. The highest BCUT2D eigenvalue weighted by Crippen LogP contribution is 2.37. The summed E-state index contributed by atoms with van der Waals surface area (Å²) in [7, 11) is 0. The van der Waals surface area contributed by atoms with Gasteiger partial charge in [0.25, 0.3) is 0 Å². The topological polar surface area (TPSA) is 43.4 Å². The molecule has 1 unspecified atom stereocenters. The van der Waals surface area contributed by atoms with E-state index in [9.17, 15) is 9.59 Å².